The molecule has 0 aromatic rings. The van der Waals surface area contributed by atoms with E-state index in [-0.39, 0.29) is 33.7 Å². The lowest BCUT2D eigenvalue weighted by molar-refractivity contribution is -0.298. The van der Waals surface area contributed by atoms with Crippen molar-refractivity contribution in [1.29, 1.82) is 0 Å². The summed E-state index contributed by atoms with van der Waals surface area (Å²) < 4.78 is 13.2. The maximum absolute atomic E-state index is 13.0. The van der Waals surface area contributed by atoms with E-state index in [1.807, 2.05) is 0 Å². The van der Waals surface area contributed by atoms with E-state index in [9.17, 15) is 9.90 Å². The standard InChI is InChI=1S/C34H58O4/c1-10-37-26-15-16-31(7)24-13-12-23-28-22(4)21(3)14-17-34(28,29(35)36)19-18-32(23,8)33(24,9)27(38-11-2)20-25(31)30(26,5)6/h21-28H,10-20H2,1-9H3,(H,35,36). The summed E-state index contributed by atoms with van der Waals surface area (Å²) in [5.41, 5.74) is 0.00539. The Bertz CT molecular complexity index is 914. The topological polar surface area (TPSA) is 55.8 Å². The van der Waals surface area contributed by atoms with Gasteiger partial charge in [0, 0.05) is 18.6 Å². The van der Waals surface area contributed by atoms with Crippen LogP contribution >= 0.6 is 0 Å². The Balaban J connectivity index is 1.60. The fourth-order valence-electron chi connectivity index (χ4n) is 12.5. The van der Waals surface area contributed by atoms with E-state index in [4.69, 9.17) is 9.47 Å². The monoisotopic (exact) mass is 530 g/mol. The highest BCUT2D eigenvalue weighted by atomic mass is 16.5. The van der Waals surface area contributed by atoms with Crippen LogP contribution in [0, 0.1) is 62.6 Å². The Morgan fingerprint density at radius 2 is 1.47 bits per heavy atom. The number of hydrogen-bond donors (Lipinski definition) is 1. The van der Waals surface area contributed by atoms with Gasteiger partial charge in [-0.1, -0.05) is 48.5 Å². The lowest BCUT2D eigenvalue weighted by atomic mass is 9.30. The van der Waals surface area contributed by atoms with Gasteiger partial charge in [0.15, 0.2) is 0 Å². The molecule has 0 saturated heterocycles. The molecule has 0 aliphatic heterocycles. The van der Waals surface area contributed by atoms with Crippen LogP contribution in [0.25, 0.3) is 0 Å². The zero-order chi connectivity index (χ0) is 27.9. The number of carbonyl (C=O) groups is 1. The molecule has 4 heteroatoms. The zero-order valence-corrected chi connectivity index (χ0v) is 26.1. The zero-order valence-electron chi connectivity index (χ0n) is 26.1. The van der Waals surface area contributed by atoms with Gasteiger partial charge in [-0.25, -0.2) is 0 Å². The molecule has 5 aliphatic carbocycles. The Labute approximate surface area is 233 Å². The summed E-state index contributed by atoms with van der Waals surface area (Å²) in [5.74, 6) is 2.46. The molecular weight excluding hydrogens is 472 g/mol. The van der Waals surface area contributed by atoms with Crippen LogP contribution in [-0.4, -0.2) is 36.5 Å². The van der Waals surface area contributed by atoms with Gasteiger partial charge >= 0.3 is 5.97 Å². The SMILES string of the molecule is CCOC1CCC2(C)C(CC(OCC)C3(C)C2CCC2C4C(C)C(C)CCC4(C(=O)O)CCC23C)C1(C)C. The molecule has 5 rings (SSSR count). The molecule has 12 unspecified atom stereocenters. The molecule has 218 valence electrons. The summed E-state index contributed by atoms with van der Waals surface area (Å²) in [6.07, 6.45) is 10.2. The molecule has 0 aromatic carbocycles. The van der Waals surface area contributed by atoms with Gasteiger partial charge in [-0.2, -0.15) is 0 Å². The van der Waals surface area contributed by atoms with E-state index in [2.05, 4.69) is 62.3 Å². The first-order valence-electron chi connectivity index (χ1n) is 16.2. The summed E-state index contributed by atoms with van der Waals surface area (Å²) in [6, 6.07) is 0. The molecule has 0 aromatic heterocycles. The first-order valence-corrected chi connectivity index (χ1v) is 16.2. The van der Waals surface area contributed by atoms with E-state index in [1.165, 1.54) is 19.3 Å². The summed E-state index contributed by atoms with van der Waals surface area (Å²) in [4.78, 5) is 13.0. The van der Waals surface area contributed by atoms with E-state index in [0.29, 0.717) is 35.7 Å². The van der Waals surface area contributed by atoms with Crippen molar-refractivity contribution >= 4 is 5.97 Å². The molecular formula is C34H58O4. The molecule has 0 amide bonds. The fourth-order valence-corrected chi connectivity index (χ4v) is 12.5. The van der Waals surface area contributed by atoms with Crippen molar-refractivity contribution in [1.82, 2.24) is 0 Å². The maximum Gasteiger partial charge on any atom is 0.309 e. The van der Waals surface area contributed by atoms with Crippen LogP contribution in [0.1, 0.15) is 120 Å². The molecule has 0 bridgehead atoms. The summed E-state index contributed by atoms with van der Waals surface area (Å²) >= 11 is 0. The van der Waals surface area contributed by atoms with Gasteiger partial charge in [0.05, 0.1) is 17.6 Å². The predicted octanol–water partition coefficient (Wildman–Crippen LogP) is 8.23. The van der Waals surface area contributed by atoms with Crippen LogP contribution in [0.2, 0.25) is 0 Å². The predicted molar refractivity (Wildman–Crippen MR) is 153 cm³/mol. The molecule has 0 radical (unpaired) electrons. The minimum absolute atomic E-state index is 0.0524. The number of carboxylic acid groups (broad SMARTS) is 1. The van der Waals surface area contributed by atoms with Gasteiger partial charge in [-0.05, 0) is 123 Å². The first-order chi connectivity index (χ1) is 17.8. The van der Waals surface area contributed by atoms with Gasteiger partial charge in [0.2, 0.25) is 0 Å². The van der Waals surface area contributed by atoms with Gasteiger partial charge in [0.1, 0.15) is 0 Å². The van der Waals surface area contributed by atoms with Crippen molar-refractivity contribution in [3.05, 3.63) is 0 Å². The number of hydrogen-bond acceptors (Lipinski definition) is 3. The highest BCUT2D eigenvalue weighted by Crippen LogP contribution is 2.77. The highest BCUT2D eigenvalue weighted by Gasteiger charge is 2.74. The number of rotatable bonds is 5. The van der Waals surface area contributed by atoms with Crippen molar-refractivity contribution in [2.45, 2.75) is 132 Å². The van der Waals surface area contributed by atoms with Crippen molar-refractivity contribution in [2.75, 3.05) is 13.2 Å². The van der Waals surface area contributed by atoms with Crippen molar-refractivity contribution in [3.8, 4) is 0 Å². The Hall–Kier alpha value is -0.610. The normalized spacial score (nSPS) is 53.7. The summed E-state index contributed by atoms with van der Waals surface area (Å²) in [5, 5.41) is 10.7. The summed E-state index contributed by atoms with van der Waals surface area (Å²) in [6.45, 7) is 23.4. The van der Waals surface area contributed by atoms with Crippen LogP contribution < -0.4 is 0 Å². The van der Waals surface area contributed by atoms with Gasteiger partial charge in [-0.15, -0.1) is 0 Å². The number of carboxylic acids is 1. The lowest BCUT2D eigenvalue weighted by Crippen LogP contribution is -2.72. The minimum Gasteiger partial charge on any atom is -0.481 e. The summed E-state index contributed by atoms with van der Waals surface area (Å²) in [7, 11) is 0. The average Bonchev–Trinajstić information content (AvgIpc) is 2.85. The Morgan fingerprint density at radius 1 is 0.816 bits per heavy atom. The maximum atomic E-state index is 13.0. The quantitative estimate of drug-likeness (QED) is 0.389. The minimum atomic E-state index is -0.529. The van der Waals surface area contributed by atoms with Crippen LogP contribution in [0.5, 0.6) is 0 Å². The molecule has 0 spiro atoms. The number of aliphatic carboxylic acids is 1. The van der Waals surface area contributed by atoms with E-state index in [0.717, 1.165) is 51.7 Å². The number of ether oxygens (including phenoxy) is 2. The van der Waals surface area contributed by atoms with Gasteiger partial charge in [0.25, 0.3) is 0 Å². The van der Waals surface area contributed by atoms with Crippen molar-refractivity contribution in [2.24, 2.45) is 62.6 Å². The third-order valence-electron chi connectivity index (χ3n) is 14.8. The second kappa shape index (κ2) is 9.47. The van der Waals surface area contributed by atoms with Crippen LogP contribution in [0.3, 0.4) is 0 Å². The van der Waals surface area contributed by atoms with Crippen LogP contribution in [-0.2, 0) is 14.3 Å². The third-order valence-corrected chi connectivity index (χ3v) is 14.8. The second-order valence-electron chi connectivity index (χ2n) is 15.8. The molecule has 0 heterocycles. The molecule has 38 heavy (non-hydrogen) atoms. The molecule has 12 atom stereocenters. The van der Waals surface area contributed by atoms with Gasteiger partial charge < -0.3 is 14.6 Å². The molecule has 4 nitrogen and oxygen atoms in total. The second-order valence-corrected chi connectivity index (χ2v) is 15.8. The smallest absolute Gasteiger partial charge is 0.309 e. The number of fused-ring (bicyclic) bond motifs is 7. The highest BCUT2D eigenvalue weighted by molar-refractivity contribution is 5.75. The van der Waals surface area contributed by atoms with E-state index < -0.39 is 11.4 Å². The molecule has 5 saturated carbocycles. The molecule has 5 fully saturated rings. The largest absolute Gasteiger partial charge is 0.481 e. The molecule has 5 aliphatic rings. The molecule has 1 N–H and O–H groups in total. The first kappa shape index (κ1) is 28.9. The lowest BCUT2D eigenvalue weighted by Gasteiger charge is -2.75. The van der Waals surface area contributed by atoms with Gasteiger partial charge in [-0.3, -0.25) is 4.79 Å². The van der Waals surface area contributed by atoms with Crippen LogP contribution in [0.4, 0.5) is 0 Å². The average molecular weight is 531 g/mol. The fraction of sp³-hybridized carbons (Fsp3) is 0.971. The van der Waals surface area contributed by atoms with Crippen molar-refractivity contribution in [3.63, 3.8) is 0 Å². The third kappa shape index (κ3) is 3.56. The Kier molecular flexibility index (Phi) is 7.20. The van der Waals surface area contributed by atoms with E-state index >= 15 is 0 Å². The Morgan fingerprint density at radius 3 is 2.11 bits per heavy atom. The van der Waals surface area contributed by atoms with Crippen molar-refractivity contribution < 1.29 is 19.4 Å². The van der Waals surface area contributed by atoms with E-state index in [1.54, 1.807) is 0 Å². The van der Waals surface area contributed by atoms with Crippen LogP contribution in [0.15, 0.2) is 0 Å².